The summed E-state index contributed by atoms with van der Waals surface area (Å²) < 4.78 is 25.4. The summed E-state index contributed by atoms with van der Waals surface area (Å²) in [6, 6.07) is 0. The number of nitrogens with zero attached hydrogens (tertiary/aromatic N) is 4. The third kappa shape index (κ3) is 2.37. The molecule has 0 amide bonds. The second kappa shape index (κ2) is 4.66. The fraction of sp³-hybridized carbons (Fsp3) is 0.615. The first-order valence-electron chi connectivity index (χ1n) is 7.02. The maximum Gasteiger partial charge on any atom is 0.164 e. The number of hydrogen-bond donors (Lipinski definition) is 1. The van der Waals surface area contributed by atoms with Gasteiger partial charge in [0.15, 0.2) is 15.5 Å². The molecule has 1 unspecified atom stereocenters. The second-order valence-corrected chi connectivity index (χ2v) is 7.97. The molecule has 114 valence electrons. The molecule has 2 aromatic rings. The van der Waals surface area contributed by atoms with Crippen molar-refractivity contribution in [1.82, 2.24) is 19.7 Å². The molecule has 0 spiro atoms. The zero-order valence-corrected chi connectivity index (χ0v) is 13.2. The number of fused-ring (bicyclic) bond motifs is 1. The Bertz CT molecular complexity index is 798. The van der Waals surface area contributed by atoms with Crippen molar-refractivity contribution in [2.75, 3.05) is 23.4 Å². The van der Waals surface area contributed by atoms with E-state index in [1.807, 2.05) is 20.8 Å². The van der Waals surface area contributed by atoms with E-state index in [0.29, 0.717) is 17.9 Å². The van der Waals surface area contributed by atoms with Crippen LogP contribution in [-0.2, 0) is 15.4 Å². The molecule has 0 saturated carbocycles. The van der Waals surface area contributed by atoms with E-state index in [4.69, 9.17) is 0 Å². The van der Waals surface area contributed by atoms with Gasteiger partial charge in [-0.05, 0) is 27.2 Å². The molecule has 0 radical (unpaired) electrons. The lowest BCUT2D eigenvalue weighted by Crippen LogP contribution is -2.32. The third-order valence-corrected chi connectivity index (χ3v) is 5.77. The molecule has 21 heavy (non-hydrogen) atoms. The van der Waals surface area contributed by atoms with Crippen LogP contribution in [0.3, 0.4) is 0 Å². The minimum Gasteiger partial charge on any atom is -0.370 e. The van der Waals surface area contributed by atoms with Crippen molar-refractivity contribution in [3.63, 3.8) is 0 Å². The Morgan fingerprint density at radius 3 is 2.81 bits per heavy atom. The quantitative estimate of drug-likeness (QED) is 0.913. The van der Waals surface area contributed by atoms with Crippen LogP contribution in [0.25, 0.3) is 11.0 Å². The van der Waals surface area contributed by atoms with Gasteiger partial charge in [0.2, 0.25) is 0 Å². The summed E-state index contributed by atoms with van der Waals surface area (Å²) in [4.78, 5) is 8.86. The average Bonchev–Trinajstić information content (AvgIpc) is 2.92. The topological polar surface area (TPSA) is 89.8 Å². The van der Waals surface area contributed by atoms with Crippen molar-refractivity contribution >= 4 is 26.7 Å². The molecule has 1 aliphatic heterocycles. The highest BCUT2D eigenvalue weighted by molar-refractivity contribution is 7.91. The summed E-state index contributed by atoms with van der Waals surface area (Å²) in [5.74, 6) is 1.70. The van der Waals surface area contributed by atoms with Crippen molar-refractivity contribution in [3.8, 4) is 0 Å². The van der Waals surface area contributed by atoms with Crippen LogP contribution in [-0.4, -0.2) is 46.2 Å². The Hall–Kier alpha value is -1.70. The molecule has 0 aromatic carbocycles. The van der Waals surface area contributed by atoms with Crippen molar-refractivity contribution in [2.45, 2.75) is 32.7 Å². The predicted molar refractivity (Wildman–Crippen MR) is 81.1 cm³/mol. The van der Waals surface area contributed by atoms with Crippen molar-refractivity contribution in [3.05, 3.63) is 12.0 Å². The third-order valence-electron chi connectivity index (χ3n) is 3.88. The van der Waals surface area contributed by atoms with Gasteiger partial charge < -0.3 is 5.32 Å². The Labute approximate surface area is 123 Å². The number of sulfone groups is 1. The van der Waals surface area contributed by atoms with E-state index in [1.54, 1.807) is 10.9 Å². The van der Waals surface area contributed by atoms with E-state index >= 15 is 0 Å². The average molecular weight is 309 g/mol. The first kappa shape index (κ1) is 14.2. The van der Waals surface area contributed by atoms with Crippen LogP contribution in [0, 0.1) is 6.92 Å². The number of anilines is 1. The van der Waals surface area contributed by atoms with Gasteiger partial charge in [-0.2, -0.15) is 5.10 Å². The van der Waals surface area contributed by atoms with Crippen LogP contribution in [0.4, 0.5) is 5.82 Å². The summed E-state index contributed by atoms with van der Waals surface area (Å²) in [7, 11) is -3.00. The largest absolute Gasteiger partial charge is 0.370 e. The van der Waals surface area contributed by atoms with Gasteiger partial charge in [0, 0.05) is 6.54 Å². The summed E-state index contributed by atoms with van der Waals surface area (Å²) in [6.07, 6.45) is 2.27. The zero-order valence-electron chi connectivity index (χ0n) is 12.4. The molecule has 1 atom stereocenters. The molecular formula is C13H19N5O2S. The highest BCUT2D eigenvalue weighted by atomic mass is 32.2. The molecule has 7 nitrogen and oxygen atoms in total. The minimum absolute atomic E-state index is 0.108. The molecule has 3 rings (SSSR count). The van der Waals surface area contributed by atoms with Crippen molar-refractivity contribution < 1.29 is 8.42 Å². The van der Waals surface area contributed by atoms with Gasteiger partial charge >= 0.3 is 0 Å². The van der Waals surface area contributed by atoms with Gasteiger partial charge in [0.05, 0.1) is 28.6 Å². The number of aryl methyl sites for hydroxylation is 1. The van der Waals surface area contributed by atoms with Crippen molar-refractivity contribution in [2.24, 2.45) is 0 Å². The number of aromatic nitrogens is 4. The minimum atomic E-state index is -3.00. The molecule has 3 heterocycles. The van der Waals surface area contributed by atoms with Crippen LogP contribution in [0.5, 0.6) is 0 Å². The van der Waals surface area contributed by atoms with Gasteiger partial charge in [0.25, 0.3) is 0 Å². The molecule has 0 aliphatic carbocycles. The summed E-state index contributed by atoms with van der Waals surface area (Å²) in [6.45, 7) is 6.50. The van der Waals surface area contributed by atoms with Gasteiger partial charge in [-0.1, -0.05) is 0 Å². The molecule has 0 bridgehead atoms. The van der Waals surface area contributed by atoms with Crippen LogP contribution < -0.4 is 5.32 Å². The SMILES string of the molecule is CCNc1nc(C)nc2c1cnn2C1(C)CCS(=O)(=O)C1. The Morgan fingerprint density at radius 2 is 2.19 bits per heavy atom. The van der Waals surface area contributed by atoms with Gasteiger partial charge in [0.1, 0.15) is 11.6 Å². The van der Waals surface area contributed by atoms with Crippen molar-refractivity contribution in [1.29, 1.82) is 0 Å². The molecule has 1 aliphatic rings. The summed E-state index contributed by atoms with van der Waals surface area (Å²) in [5.41, 5.74) is 0.156. The molecule has 1 N–H and O–H groups in total. The van der Waals surface area contributed by atoms with Gasteiger partial charge in [-0.25, -0.2) is 23.1 Å². The van der Waals surface area contributed by atoms with Gasteiger partial charge in [-0.3, -0.25) is 0 Å². The summed E-state index contributed by atoms with van der Waals surface area (Å²) >= 11 is 0. The fourth-order valence-electron chi connectivity index (χ4n) is 2.87. The lowest BCUT2D eigenvalue weighted by atomic mass is 10.0. The smallest absolute Gasteiger partial charge is 0.164 e. The van der Waals surface area contributed by atoms with E-state index in [-0.39, 0.29) is 11.5 Å². The first-order valence-corrected chi connectivity index (χ1v) is 8.84. The fourth-order valence-corrected chi connectivity index (χ4v) is 4.98. The molecule has 2 aromatic heterocycles. The highest BCUT2D eigenvalue weighted by Crippen LogP contribution is 2.33. The normalized spacial score (nSPS) is 24.5. The van der Waals surface area contributed by atoms with E-state index in [9.17, 15) is 8.42 Å². The van der Waals surface area contributed by atoms with Crippen LogP contribution in [0.2, 0.25) is 0 Å². The van der Waals surface area contributed by atoms with E-state index in [0.717, 1.165) is 17.7 Å². The maximum atomic E-state index is 11.8. The monoisotopic (exact) mass is 309 g/mol. The lowest BCUT2D eigenvalue weighted by molar-refractivity contribution is 0.338. The highest BCUT2D eigenvalue weighted by Gasteiger charge is 2.41. The van der Waals surface area contributed by atoms with Crippen LogP contribution in [0.15, 0.2) is 6.20 Å². The number of hydrogen-bond acceptors (Lipinski definition) is 6. The lowest BCUT2D eigenvalue weighted by Gasteiger charge is -2.23. The second-order valence-electron chi connectivity index (χ2n) is 5.78. The molecular weight excluding hydrogens is 290 g/mol. The molecule has 8 heteroatoms. The van der Waals surface area contributed by atoms with Gasteiger partial charge in [-0.15, -0.1) is 0 Å². The van der Waals surface area contributed by atoms with Crippen LogP contribution >= 0.6 is 0 Å². The summed E-state index contributed by atoms with van der Waals surface area (Å²) in [5, 5.41) is 8.44. The van der Waals surface area contributed by atoms with E-state index in [2.05, 4.69) is 20.4 Å². The number of rotatable bonds is 3. The first-order chi connectivity index (χ1) is 9.85. The Balaban J connectivity index is 2.17. The predicted octanol–water partition coefficient (Wildman–Crippen LogP) is 1.10. The van der Waals surface area contributed by atoms with E-state index < -0.39 is 15.4 Å². The maximum absolute atomic E-state index is 11.8. The molecule has 1 saturated heterocycles. The van der Waals surface area contributed by atoms with Crippen LogP contribution in [0.1, 0.15) is 26.1 Å². The number of nitrogens with one attached hydrogen (secondary N) is 1. The van der Waals surface area contributed by atoms with E-state index in [1.165, 1.54) is 0 Å². The Kier molecular flexibility index (Phi) is 3.16. The zero-order chi connectivity index (χ0) is 15.3. The Morgan fingerprint density at radius 1 is 1.43 bits per heavy atom. The standard InChI is InChI=1S/C13H19N5O2S/c1-4-14-11-10-7-15-18(12(10)17-9(2)16-11)13(3)5-6-21(19,20)8-13/h7H,4-6,8H2,1-3H3,(H,14,16,17). The molecule has 1 fully saturated rings.